The van der Waals surface area contributed by atoms with E-state index >= 15 is 0 Å². The van der Waals surface area contributed by atoms with Crippen LogP contribution >= 0.6 is 0 Å². The fourth-order valence-electron chi connectivity index (χ4n) is 5.86. The Morgan fingerprint density at radius 1 is 0.243 bits per heavy atom. The van der Waals surface area contributed by atoms with Crippen LogP contribution in [0.4, 0.5) is 0 Å². The van der Waals surface area contributed by atoms with Crippen molar-refractivity contribution < 1.29 is 0 Å². The highest BCUT2D eigenvalue weighted by molar-refractivity contribution is 4.53. The molecule has 0 fully saturated rings. The fourth-order valence-corrected chi connectivity index (χ4v) is 5.86. The van der Waals surface area contributed by atoms with Crippen molar-refractivity contribution in [2.75, 3.05) is 13.6 Å². The Labute approximate surface area is 237 Å². The monoisotopic (exact) mass is 522 g/mol. The second-order valence-corrected chi connectivity index (χ2v) is 12.4. The van der Waals surface area contributed by atoms with E-state index in [9.17, 15) is 0 Å². The third-order valence-corrected chi connectivity index (χ3v) is 8.53. The summed E-state index contributed by atoms with van der Waals surface area (Å²) in [7, 11) is 2.06. The van der Waals surface area contributed by atoms with Gasteiger partial charge in [0.2, 0.25) is 0 Å². The van der Waals surface area contributed by atoms with E-state index in [1.54, 1.807) is 0 Å². The molecule has 0 unspecified atom stereocenters. The Morgan fingerprint density at radius 2 is 0.405 bits per heavy atom. The zero-order chi connectivity index (χ0) is 26.7. The molecule has 37 heavy (non-hydrogen) atoms. The van der Waals surface area contributed by atoms with E-state index in [1.807, 2.05) is 0 Å². The summed E-state index contributed by atoms with van der Waals surface area (Å²) in [6, 6.07) is 0. The first kappa shape index (κ1) is 37.0. The quantitative estimate of drug-likeness (QED) is 0.0830. The summed E-state index contributed by atoms with van der Waals surface area (Å²) >= 11 is 0. The zero-order valence-electron chi connectivity index (χ0n) is 26.5. The Morgan fingerprint density at radius 3 is 0.568 bits per heavy atom. The largest absolute Gasteiger partial charge is 0.320 e. The van der Waals surface area contributed by atoms with Crippen LogP contribution in [0.5, 0.6) is 0 Å². The highest BCUT2D eigenvalue weighted by atomic mass is 14.8. The standard InChI is InChI=1S/C36H75N/c1-3-4-5-6-7-8-9-10-11-12-13-14-15-16-17-18-19-20-21-22-23-24-25-26-27-28-29-30-31-32-33-34-35-36-37-2/h37H,3-36H2,1-2H3. The number of hydrogen-bond acceptors (Lipinski definition) is 1. The average molecular weight is 522 g/mol. The second-order valence-electron chi connectivity index (χ2n) is 12.4. The minimum atomic E-state index is 1.19. The highest BCUT2D eigenvalue weighted by Gasteiger charge is 1.97. The van der Waals surface area contributed by atoms with Gasteiger partial charge in [0.05, 0.1) is 0 Å². The molecular formula is C36H75N. The number of nitrogens with one attached hydrogen (secondary N) is 1. The van der Waals surface area contributed by atoms with Crippen LogP contribution in [0.2, 0.25) is 0 Å². The first-order chi connectivity index (χ1) is 18.4. The van der Waals surface area contributed by atoms with E-state index < -0.39 is 0 Å². The molecule has 1 heteroatoms. The molecule has 0 aliphatic carbocycles. The van der Waals surface area contributed by atoms with Gasteiger partial charge >= 0.3 is 0 Å². The van der Waals surface area contributed by atoms with Gasteiger partial charge in [-0.2, -0.15) is 0 Å². The topological polar surface area (TPSA) is 12.0 Å². The molecule has 0 aromatic rings. The molecule has 0 aromatic carbocycles. The summed E-state index contributed by atoms with van der Waals surface area (Å²) in [4.78, 5) is 0. The van der Waals surface area contributed by atoms with E-state index in [0.29, 0.717) is 0 Å². The van der Waals surface area contributed by atoms with Crippen molar-refractivity contribution >= 4 is 0 Å². The molecule has 224 valence electrons. The summed E-state index contributed by atoms with van der Waals surface area (Å²) in [5, 5.41) is 3.24. The van der Waals surface area contributed by atoms with Gasteiger partial charge < -0.3 is 5.32 Å². The molecule has 0 aliphatic heterocycles. The molecule has 0 rings (SSSR count). The smallest absolute Gasteiger partial charge is 0.00519 e. The van der Waals surface area contributed by atoms with Gasteiger partial charge in [0.1, 0.15) is 0 Å². The third-order valence-electron chi connectivity index (χ3n) is 8.53. The predicted octanol–water partition coefficient (Wildman–Crippen LogP) is 13.1. The highest BCUT2D eigenvalue weighted by Crippen LogP contribution is 2.16. The van der Waals surface area contributed by atoms with Crippen molar-refractivity contribution in [1.82, 2.24) is 5.32 Å². The van der Waals surface area contributed by atoms with E-state index in [-0.39, 0.29) is 0 Å². The summed E-state index contributed by atoms with van der Waals surface area (Å²) in [5.74, 6) is 0. The Bertz CT molecular complexity index is 332. The lowest BCUT2D eigenvalue weighted by atomic mass is 10.0. The first-order valence-electron chi connectivity index (χ1n) is 18.1. The minimum absolute atomic E-state index is 1.19. The molecule has 1 nitrogen and oxygen atoms in total. The molecule has 0 heterocycles. The average Bonchev–Trinajstić information content (AvgIpc) is 2.91. The lowest BCUT2D eigenvalue weighted by Gasteiger charge is -2.05. The molecule has 0 saturated carbocycles. The van der Waals surface area contributed by atoms with E-state index in [1.165, 1.54) is 218 Å². The maximum atomic E-state index is 3.24. The molecular weight excluding hydrogens is 446 g/mol. The van der Waals surface area contributed by atoms with Crippen molar-refractivity contribution in [2.24, 2.45) is 0 Å². The van der Waals surface area contributed by atoms with Crippen molar-refractivity contribution in [3.63, 3.8) is 0 Å². The lowest BCUT2D eigenvalue weighted by Crippen LogP contribution is -2.06. The summed E-state index contributed by atoms with van der Waals surface area (Å²) in [6.45, 7) is 3.50. The van der Waals surface area contributed by atoms with Crippen molar-refractivity contribution in [3.05, 3.63) is 0 Å². The normalized spacial score (nSPS) is 11.5. The van der Waals surface area contributed by atoms with Crippen LogP contribution < -0.4 is 5.32 Å². The van der Waals surface area contributed by atoms with E-state index in [4.69, 9.17) is 0 Å². The lowest BCUT2D eigenvalue weighted by molar-refractivity contribution is 0.511. The minimum Gasteiger partial charge on any atom is -0.320 e. The molecule has 0 amide bonds. The summed E-state index contributed by atoms with van der Waals surface area (Å²) in [5.41, 5.74) is 0. The molecule has 0 saturated heterocycles. The van der Waals surface area contributed by atoms with Crippen LogP contribution in [0.3, 0.4) is 0 Å². The Balaban J connectivity index is 3.00. The molecule has 0 atom stereocenters. The van der Waals surface area contributed by atoms with Gasteiger partial charge in [-0.15, -0.1) is 0 Å². The van der Waals surface area contributed by atoms with Crippen LogP contribution in [0.25, 0.3) is 0 Å². The number of hydrogen-bond donors (Lipinski definition) is 1. The number of rotatable bonds is 34. The Hall–Kier alpha value is -0.0400. The van der Waals surface area contributed by atoms with Crippen molar-refractivity contribution in [3.8, 4) is 0 Å². The van der Waals surface area contributed by atoms with Gasteiger partial charge in [0.15, 0.2) is 0 Å². The van der Waals surface area contributed by atoms with Crippen LogP contribution in [0, 0.1) is 0 Å². The molecule has 0 aliphatic rings. The zero-order valence-corrected chi connectivity index (χ0v) is 26.5. The maximum Gasteiger partial charge on any atom is -0.00519 e. The second kappa shape index (κ2) is 36.0. The van der Waals surface area contributed by atoms with Gasteiger partial charge in [-0.25, -0.2) is 0 Å². The van der Waals surface area contributed by atoms with Crippen LogP contribution in [-0.2, 0) is 0 Å². The van der Waals surface area contributed by atoms with Gasteiger partial charge in [-0.05, 0) is 20.0 Å². The van der Waals surface area contributed by atoms with Crippen molar-refractivity contribution in [2.45, 2.75) is 219 Å². The molecule has 0 bridgehead atoms. The van der Waals surface area contributed by atoms with Gasteiger partial charge in [-0.1, -0.05) is 212 Å². The predicted molar refractivity (Wildman–Crippen MR) is 172 cm³/mol. The summed E-state index contributed by atoms with van der Waals surface area (Å²) in [6.07, 6.45) is 48.7. The number of unbranched alkanes of at least 4 members (excludes halogenated alkanes) is 32. The van der Waals surface area contributed by atoms with Gasteiger partial charge in [0, 0.05) is 0 Å². The van der Waals surface area contributed by atoms with E-state index in [2.05, 4.69) is 19.3 Å². The first-order valence-corrected chi connectivity index (χ1v) is 18.1. The molecule has 0 aromatic heterocycles. The maximum absolute atomic E-state index is 3.24. The van der Waals surface area contributed by atoms with Crippen LogP contribution in [0.15, 0.2) is 0 Å². The Kier molecular flexibility index (Phi) is 35.9. The SMILES string of the molecule is CCCCCCCCCCCCCCCCCCCCCCCCCCCCCCCCCCCNC. The molecule has 0 radical (unpaired) electrons. The molecule has 0 spiro atoms. The van der Waals surface area contributed by atoms with E-state index in [0.717, 1.165) is 0 Å². The summed E-state index contributed by atoms with van der Waals surface area (Å²) < 4.78 is 0. The van der Waals surface area contributed by atoms with Crippen molar-refractivity contribution in [1.29, 1.82) is 0 Å². The third kappa shape index (κ3) is 36.0. The fraction of sp³-hybridized carbons (Fsp3) is 1.00. The molecule has 1 N–H and O–H groups in total. The van der Waals surface area contributed by atoms with Gasteiger partial charge in [0.25, 0.3) is 0 Å². The van der Waals surface area contributed by atoms with Crippen LogP contribution in [-0.4, -0.2) is 13.6 Å². The van der Waals surface area contributed by atoms with Gasteiger partial charge in [-0.3, -0.25) is 0 Å². The van der Waals surface area contributed by atoms with Crippen LogP contribution in [0.1, 0.15) is 219 Å².